The van der Waals surface area contributed by atoms with Gasteiger partial charge >= 0.3 is 0 Å². The SMILES string of the molecule is CCC(O)(CC)CNc1cc(F)c(I)cc1N. The summed E-state index contributed by atoms with van der Waals surface area (Å²) in [6, 6.07) is 2.94. The molecule has 0 amide bonds. The van der Waals surface area contributed by atoms with E-state index in [2.05, 4.69) is 5.32 Å². The van der Waals surface area contributed by atoms with Crippen LogP contribution in [-0.2, 0) is 0 Å². The maximum atomic E-state index is 13.4. The fourth-order valence-corrected chi connectivity index (χ4v) is 1.97. The molecule has 0 bridgehead atoms. The van der Waals surface area contributed by atoms with Gasteiger partial charge in [0, 0.05) is 12.6 Å². The first-order valence-electron chi connectivity index (χ1n) is 5.62. The molecular formula is C12H18FIN2O. The molecular weight excluding hydrogens is 334 g/mol. The highest BCUT2D eigenvalue weighted by atomic mass is 127. The zero-order valence-electron chi connectivity index (χ0n) is 10.1. The van der Waals surface area contributed by atoms with Gasteiger partial charge in [0.2, 0.25) is 0 Å². The molecule has 96 valence electrons. The molecule has 0 atom stereocenters. The number of anilines is 2. The van der Waals surface area contributed by atoms with Crippen LogP contribution in [0.3, 0.4) is 0 Å². The van der Waals surface area contributed by atoms with Gasteiger partial charge < -0.3 is 16.2 Å². The van der Waals surface area contributed by atoms with E-state index in [1.165, 1.54) is 6.07 Å². The van der Waals surface area contributed by atoms with Crippen molar-refractivity contribution in [2.45, 2.75) is 32.3 Å². The minimum Gasteiger partial charge on any atom is -0.397 e. The summed E-state index contributed by atoms with van der Waals surface area (Å²) in [5, 5.41) is 13.1. The van der Waals surface area contributed by atoms with Crippen LogP contribution in [0.2, 0.25) is 0 Å². The van der Waals surface area contributed by atoms with Crippen LogP contribution >= 0.6 is 22.6 Å². The van der Waals surface area contributed by atoms with E-state index in [9.17, 15) is 9.50 Å². The molecule has 4 N–H and O–H groups in total. The molecule has 5 heteroatoms. The first-order chi connectivity index (χ1) is 7.91. The third kappa shape index (κ3) is 3.70. The van der Waals surface area contributed by atoms with E-state index in [0.717, 1.165) is 0 Å². The van der Waals surface area contributed by atoms with E-state index in [1.807, 2.05) is 36.4 Å². The number of nitrogens with two attached hydrogens (primary N) is 1. The Morgan fingerprint density at radius 1 is 1.41 bits per heavy atom. The highest BCUT2D eigenvalue weighted by Crippen LogP contribution is 2.25. The van der Waals surface area contributed by atoms with Crippen molar-refractivity contribution in [3.8, 4) is 0 Å². The minimum atomic E-state index is -0.772. The average molecular weight is 352 g/mol. The number of halogens is 2. The van der Waals surface area contributed by atoms with Gasteiger partial charge in [0.25, 0.3) is 0 Å². The largest absolute Gasteiger partial charge is 0.397 e. The second-order valence-corrected chi connectivity index (χ2v) is 5.30. The molecule has 1 aromatic rings. The van der Waals surface area contributed by atoms with Crippen molar-refractivity contribution in [3.05, 3.63) is 21.5 Å². The van der Waals surface area contributed by atoms with Crippen molar-refractivity contribution in [2.75, 3.05) is 17.6 Å². The van der Waals surface area contributed by atoms with Crippen molar-refractivity contribution in [3.63, 3.8) is 0 Å². The zero-order valence-corrected chi connectivity index (χ0v) is 12.2. The Kier molecular flexibility index (Phi) is 5.00. The maximum Gasteiger partial charge on any atom is 0.138 e. The minimum absolute atomic E-state index is 0.307. The molecule has 0 aliphatic heterocycles. The predicted octanol–water partition coefficient (Wildman–Crippen LogP) is 2.98. The van der Waals surface area contributed by atoms with Gasteiger partial charge in [-0.15, -0.1) is 0 Å². The first-order valence-corrected chi connectivity index (χ1v) is 6.70. The Hall–Kier alpha value is -0.560. The van der Waals surface area contributed by atoms with Gasteiger partial charge in [-0.25, -0.2) is 4.39 Å². The highest BCUT2D eigenvalue weighted by Gasteiger charge is 2.22. The van der Waals surface area contributed by atoms with Gasteiger partial charge in [0.1, 0.15) is 5.82 Å². The molecule has 3 nitrogen and oxygen atoms in total. The van der Waals surface area contributed by atoms with E-state index in [4.69, 9.17) is 5.73 Å². The lowest BCUT2D eigenvalue weighted by atomic mass is 9.97. The summed E-state index contributed by atoms with van der Waals surface area (Å²) in [7, 11) is 0. The van der Waals surface area contributed by atoms with Crippen molar-refractivity contribution < 1.29 is 9.50 Å². The van der Waals surface area contributed by atoms with Crippen molar-refractivity contribution in [2.24, 2.45) is 0 Å². The van der Waals surface area contributed by atoms with Crippen LogP contribution in [0.1, 0.15) is 26.7 Å². The number of rotatable bonds is 5. The normalized spacial score (nSPS) is 11.6. The summed E-state index contributed by atoms with van der Waals surface area (Å²) in [5.74, 6) is -0.307. The van der Waals surface area contributed by atoms with Gasteiger partial charge in [0.05, 0.1) is 20.5 Å². The summed E-state index contributed by atoms with van der Waals surface area (Å²) in [5.41, 5.74) is 6.04. The fraction of sp³-hybridized carbons (Fsp3) is 0.500. The van der Waals surface area contributed by atoms with Crippen LogP contribution in [0.25, 0.3) is 0 Å². The molecule has 1 aromatic carbocycles. The van der Waals surface area contributed by atoms with Crippen LogP contribution < -0.4 is 11.1 Å². The Morgan fingerprint density at radius 2 is 2.00 bits per heavy atom. The van der Waals surface area contributed by atoms with Gasteiger partial charge in [-0.05, 0) is 41.5 Å². The summed E-state index contributed by atoms with van der Waals surface area (Å²) in [6.45, 7) is 4.20. The average Bonchev–Trinajstić information content (AvgIpc) is 2.32. The number of nitrogen functional groups attached to an aromatic ring is 1. The third-order valence-electron chi connectivity index (χ3n) is 3.02. The van der Waals surface area contributed by atoms with Crippen LogP contribution in [-0.4, -0.2) is 17.3 Å². The topological polar surface area (TPSA) is 58.3 Å². The standard InChI is InChI=1S/C12H18FIN2O/c1-3-12(17,4-2)7-16-11-5-8(13)9(14)6-10(11)15/h5-6,16-17H,3-4,7,15H2,1-2H3. The molecule has 0 fully saturated rings. The summed E-state index contributed by atoms with van der Waals surface area (Å²) in [4.78, 5) is 0. The summed E-state index contributed by atoms with van der Waals surface area (Å²) >= 11 is 1.89. The molecule has 0 aliphatic carbocycles. The smallest absolute Gasteiger partial charge is 0.138 e. The van der Waals surface area contributed by atoms with Crippen LogP contribution in [0.5, 0.6) is 0 Å². The second-order valence-electron chi connectivity index (χ2n) is 4.14. The molecule has 0 unspecified atom stereocenters. The van der Waals surface area contributed by atoms with E-state index in [-0.39, 0.29) is 5.82 Å². The Bertz CT molecular complexity index is 394. The van der Waals surface area contributed by atoms with Crippen LogP contribution in [0, 0.1) is 9.39 Å². The van der Waals surface area contributed by atoms with Crippen LogP contribution in [0.15, 0.2) is 12.1 Å². The van der Waals surface area contributed by atoms with Gasteiger partial charge in [0.15, 0.2) is 0 Å². The van der Waals surface area contributed by atoms with E-state index >= 15 is 0 Å². The first kappa shape index (κ1) is 14.5. The molecule has 0 heterocycles. The highest BCUT2D eigenvalue weighted by molar-refractivity contribution is 14.1. The van der Waals surface area contributed by atoms with E-state index in [1.54, 1.807) is 6.07 Å². The van der Waals surface area contributed by atoms with E-state index < -0.39 is 5.60 Å². The van der Waals surface area contributed by atoms with Crippen molar-refractivity contribution in [1.29, 1.82) is 0 Å². The lowest BCUT2D eigenvalue weighted by Crippen LogP contribution is -2.35. The third-order valence-corrected chi connectivity index (χ3v) is 3.84. The molecule has 0 aliphatic rings. The van der Waals surface area contributed by atoms with Crippen molar-refractivity contribution >= 4 is 34.0 Å². The van der Waals surface area contributed by atoms with Crippen molar-refractivity contribution in [1.82, 2.24) is 0 Å². The number of hydrogen-bond acceptors (Lipinski definition) is 3. The molecule has 17 heavy (non-hydrogen) atoms. The lowest BCUT2D eigenvalue weighted by molar-refractivity contribution is 0.0457. The Morgan fingerprint density at radius 3 is 2.53 bits per heavy atom. The summed E-state index contributed by atoms with van der Waals surface area (Å²) in [6.07, 6.45) is 1.28. The monoisotopic (exact) mass is 352 g/mol. The van der Waals surface area contributed by atoms with Crippen LogP contribution in [0.4, 0.5) is 15.8 Å². The Labute approximate surface area is 115 Å². The van der Waals surface area contributed by atoms with Gasteiger partial charge in [-0.3, -0.25) is 0 Å². The molecule has 0 radical (unpaired) electrons. The number of hydrogen-bond donors (Lipinski definition) is 3. The predicted molar refractivity (Wildman–Crippen MR) is 77.6 cm³/mol. The lowest BCUT2D eigenvalue weighted by Gasteiger charge is -2.26. The molecule has 0 spiro atoms. The second kappa shape index (κ2) is 5.86. The summed E-state index contributed by atoms with van der Waals surface area (Å²) < 4.78 is 13.9. The number of nitrogens with one attached hydrogen (secondary N) is 1. The fourth-order valence-electron chi connectivity index (χ4n) is 1.48. The molecule has 0 saturated heterocycles. The zero-order chi connectivity index (χ0) is 13.1. The number of aliphatic hydroxyl groups is 1. The number of benzene rings is 1. The maximum absolute atomic E-state index is 13.4. The quantitative estimate of drug-likeness (QED) is 0.564. The van der Waals surface area contributed by atoms with Gasteiger partial charge in [-0.1, -0.05) is 13.8 Å². The molecule has 1 rings (SSSR count). The van der Waals surface area contributed by atoms with Gasteiger partial charge in [-0.2, -0.15) is 0 Å². The molecule has 0 saturated carbocycles. The Balaban J connectivity index is 2.79. The molecule has 0 aromatic heterocycles. The van der Waals surface area contributed by atoms with E-state index in [0.29, 0.717) is 34.3 Å².